The highest BCUT2D eigenvalue weighted by atomic mass is 19.1. The minimum Gasteiger partial charge on any atom is -0.353 e. The number of hydrogen-bond donors (Lipinski definition) is 3. The summed E-state index contributed by atoms with van der Waals surface area (Å²) >= 11 is 0. The zero-order valence-corrected chi connectivity index (χ0v) is 17.8. The van der Waals surface area contributed by atoms with Crippen LogP contribution in [0.3, 0.4) is 0 Å². The maximum Gasteiger partial charge on any atom is 0.267 e. The molecule has 33 heavy (non-hydrogen) atoms. The van der Waals surface area contributed by atoms with E-state index in [1.165, 1.54) is 43.3 Å². The molecule has 0 unspecified atom stereocenters. The van der Waals surface area contributed by atoms with Gasteiger partial charge in [-0.3, -0.25) is 19.2 Å². The average Bonchev–Trinajstić information content (AvgIpc) is 2.79. The summed E-state index contributed by atoms with van der Waals surface area (Å²) in [5, 5.41) is 12.1. The summed E-state index contributed by atoms with van der Waals surface area (Å²) in [6.45, 7) is 1.42. The highest BCUT2D eigenvalue weighted by Crippen LogP contribution is 2.15. The Morgan fingerprint density at radius 1 is 0.909 bits per heavy atom. The van der Waals surface area contributed by atoms with Gasteiger partial charge < -0.3 is 16.0 Å². The molecule has 170 valence electrons. The molecule has 0 aliphatic heterocycles. The molecular formula is C23H22FN5O4. The molecule has 3 rings (SSSR count). The summed E-state index contributed by atoms with van der Waals surface area (Å²) in [5.74, 6) is -1.37. The quantitative estimate of drug-likeness (QED) is 0.449. The minimum atomic E-state index is -0.452. The normalized spacial score (nSPS) is 10.4. The van der Waals surface area contributed by atoms with Crippen LogP contribution in [-0.4, -0.2) is 40.6 Å². The van der Waals surface area contributed by atoms with E-state index in [0.717, 1.165) is 4.68 Å². The third-order valence-corrected chi connectivity index (χ3v) is 4.50. The smallest absolute Gasteiger partial charge is 0.267 e. The zero-order valence-electron chi connectivity index (χ0n) is 17.8. The molecule has 0 aliphatic carbocycles. The molecule has 9 nitrogen and oxygen atoms in total. The van der Waals surface area contributed by atoms with Gasteiger partial charge in [-0.1, -0.05) is 0 Å². The Morgan fingerprint density at radius 3 is 2.24 bits per heavy atom. The molecule has 3 N–H and O–H groups in total. The van der Waals surface area contributed by atoms with Crippen molar-refractivity contribution in [2.24, 2.45) is 0 Å². The lowest BCUT2D eigenvalue weighted by Crippen LogP contribution is -2.38. The van der Waals surface area contributed by atoms with E-state index in [4.69, 9.17) is 0 Å². The first-order valence-corrected chi connectivity index (χ1v) is 10.1. The summed E-state index contributed by atoms with van der Waals surface area (Å²) in [5.41, 5.74) is 1.58. The van der Waals surface area contributed by atoms with Gasteiger partial charge in [0.25, 0.3) is 11.5 Å². The number of amides is 3. The summed E-state index contributed by atoms with van der Waals surface area (Å²) in [6, 6.07) is 14.8. The van der Waals surface area contributed by atoms with Gasteiger partial charge in [0.2, 0.25) is 11.8 Å². The molecule has 1 aromatic heterocycles. The lowest BCUT2D eigenvalue weighted by molar-refractivity contribution is -0.121. The number of aromatic nitrogens is 2. The molecule has 0 fully saturated rings. The number of anilines is 1. The van der Waals surface area contributed by atoms with Gasteiger partial charge >= 0.3 is 0 Å². The van der Waals surface area contributed by atoms with Crippen molar-refractivity contribution in [3.8, 4) is 11.3 Å². The van der Waals surface area contributed by atoms with E-state index < -0.39 is 11.5 Å². The third kappa shape index (κ3) is 6.82. The van der Waals surface area contributed by atoms with Crippen molar-refractivity contribution in [1.29, 1.82) is 0 Å². The SMILES string of the molecule is CC(=O)Nc1ccc(C(=O)NCCNC(=O)Cn2nc(-c3ccc(F)cc3)ccc2=O)cc1. The fraction of sp³-hybridized carbons (Fsp3) is 0.174. The number of carbonyl (C=O) groups is 3. The number of benzene rings is 2. The Hall–Kier alpha value is -4.34. The highest BCUT2D eigenvalue weighted by Gasteiger charge is 2.09. The lowest BCUT2D eigenvalue weighted by atomic mass is 10.1. The number of carbonyl (C=O) groups excluding carboxylic acids is 3. The van der Waals surface area contributed by atoms with Crippen molar-refractivity contribution < 1.29 is 18.8 Å². The molecule has 0 radical (unpaired) electrons. The summed E-state index contributed by atoms with van der Waals surface area (Å²) in [6.07, 6.45) is 0. The number of rotatable bonds is 8. The summed E-state index contributed by atoms with van der Waals surface area (Å²) in [4.78, 5) is 47.4. The van der Waals surface area contributed by atoms with Gasteiger partial charge in [0.1, 0.15) is 12.4 Å². The molecule has 0 atom stereocenters. The van der Waals surface area contributed by atoms with Crippen LogP contribution in [0.4, 0.5) is 10.1 Å². The maximum atomic E-state index is 13.1. The van der Waals surface area contributed by atoms with Gasteiger partial charge in [-0.15, -0.1) is 0 Å². The molecule has 0 saturated carbocycles. The van der Waals surface area contributed by atoms with Crippen LogP contribution < -0.4 is 21.5 Å². The predicted molar refractivity (Wildman–Crippen MR) is 120 cm³/mol. The molecule has 0 spiro atoms. The molecule has 1 heterocycles. The Labute approximate surface area is 188 Å². The standard InChI is InChI=1S/C23H22FN5O4/c1-15(30)27-19-8-4-17(5-9-19)23(33)26-13-12-25-21(31)14-29-22(32)11-10-20(28-29)16-2-6-18(24)7-3-16/h2-11H,12-14H2,1H3,(H,25,31)(H,26,33)(H,27,30). The molecule has 3 amide bonds. The summed E-state index contributed by atoms with van der Waals surface area (Å²) in [7, 11) is 0. The van der Waals surface area contributed by atoms with E-state index in [1.807, 2.05) is 0 Å². The lowest BCUT2D eigenvalue weighted by Gasteiger charge is -2.09. The van der Waals surface area contributed by atoms with Crippen LogP contribution in [0.2, 0.25) is 0 Å². The molecule has 3 aromatic rings. The molecule has 0 bridgehead atoms. The molecule has 0 saturated heterocycles. The first kappa shape index (κ1) is 23.3. The zero-order chi connectivity index (χ0) is 23.8. The van der Waals surface area contributed by atoms with Crippen molar-refractivity contribution >= 4 is 23.4 Å². The van der Waals surface area contributed by atoms with Crippen molar-refractivity contribution in [1.82, 2.24) is 20.4 Å². The molecular weight excluding hydrogens is 429 g/mol. The minimum absolute atomic E-state index is 0.154. The van der Waals surface area contributed by atoms with Crippen molar-refractivity contribution in [2.45, 2.75) is 13.5 Å². The van der Waals surface area contributed by atoms with Crippen LogP contribution >= 0.6 is 0 Å². The number of nitrogens with one attached hydrogen (secondary N) is 3. The topological polar surface area (TPSA) is 122 Å². The Balaban J connectivity index is 1.48. The highest BCUT2D eigenvalue weighted by molar-refractivity contribution is 5.95. The van der Waals surface area contributed by atoms with E-state index in [-0.39, 0.29) is 37.3 Å². The van der Waals surface area contributed by atoms with Crippen LogP contribution in [0.25, 0.3) is 11.3 Å². The number of halogens is 1. The monoisotopic (exact) mass is 451 g/mol. The second-order valence-corrected chi connectivity index (χ2v) is 7.09. The second-order valence-electron chi connectivity index (χ2n) is 7.09. The van der Waals surface area contributed by atoms with Crippen LogP contribution in [-0.2, 0) is 16.1 Å². The van der Waals surface area contributed by atoms with E-state index in [0.29, 0.717) is 22.5 Å². The maximum absolute atomic E-state index is 13.1. The van der Waals surface area contributed by atoms with Gasteiger partial charge in [-0.05, 0) is 54.6 Å². The first-order chi connectivity index (χ1) is 15.8. The third-order valence-electron chi connectivity index (χ3n) is 4.50. The Kier molecular flexibility index (Phi) is 7.64. The Bertz CT molecular complexity index is 1210. The van der Waals surface area contributed by atoms with E-state index in [9.17, 15) is 23.6 Å². The average molecular weight is 451 g/mol. The van der Waals surface area contributed by atoms with Crippen molar-refractivity contribution in [3.05, 3.63) is 82.4 Å². The van der Waals surface area contributed by atoms with E-state index >= 15 is 0 Å². The Morgan fingerprint density at radius 2 is 1.58 bits per heavy atom. The fourth-order valence-electron chi connectivity index (χ4n) is 2.92. The van der Waals surface area contributed by atoms with Crippen LogP contribution in [0.1, 0.15) is 17.3 Å². The van der Waals surface area contributed by atoms with Crippen molar-refractivity contribution in [2.75, 3.05) is 18.4 Å². The number of hydrogen-bond acceptors (Lipinski definition) is 5. The largest absolute Gasteiger partial charge is 0.353 e. The molecule has 2 aromatic carbocycles. The van der Waals surface area contributed by atoms with Gasteiger partial charge in [0.05, 0.1) is 5.69 Å². The second kappa shape index (κ2) is 10.8. The van der Waals surface area contributed by atoms with Gasteiger partial charge in [0, 0.05) is 42.9 Å². The first-order valence-electron chi connectivity index (χ1n) is 10.1. The summed E-state index contributed by atoms with van der Waals surface area (Å²) < 4.78 is 14.1. The predicted octanol–water partition coefficient (Wildman–Crippen LogP) is 1.55. The molecule has 10 heteroatoms. The van der Waals surface area contributed by atoms with E-state index in [1.54, 1.807) is 24.3 Å². The fourth-order valence-corrected chi connectivity index (χ4v) is 2.92. The van der Waals surface area contributed by atoms with Crippen LogP contribution in [0.15, 0.2) is 65.5 Å². The van der Waals surface area contributed by atoms with Gasteiger partial charge in [-0.2, -0.15) is 5.10 Å². The van der Waals surface area contributed by atoms with Crippen LogP contribution in [0, 0.1) is 5.82 Å². The van der Waals surface area contributed by atoms with Crippen LogP contribution in [0.5, 0.6) is 0 Å². The molecule has 0 aliphatic rings. The number of nitrogens with zero attached hydrogens (tertiary/aromatic N) is 2. The van der Waals surface area contributed by atoms with Gasteiger partial charge in [-0.25, -0.2) is 9.07 Å². The van der Waals surface area contributed by atoms with Gasteiger partial charge in [0.15, 0.2) is 0 Å². The van der Waals surface area contributed by atoms with Crippen molar-refractivity contribution in [3.63, 3.8) is 0 Å². The van der Waals surface area contributed by atoms with E-state index in [2.05, 4.69) is 21.0 Å².